The molecule has 0 saturated heterocycles. The lowest BCUT2D eigenvalue weighted by molar-refractivity contribution is -0.118. The molecule has 0 atom stereocenters. The van der Waals surface area contributed by atoms with E-state index in [1.807, 2.05) is 31.2 Å². The Hall–Kier alpha value is -3.87. The zero-order valence-electron chi connectivity index (χ0n) is 18.0. The van der Waals surface area contributed by atoms with Crippen LogP contribution in [-0.2, 0) is 11.3 Å². The molecule has 0 fully saturated rings. The fourth-order valence-electron chi connectivity index (χ4n) is 3.07. The lowest BCUT2D eigenvalue weighted by atomic mass is 10.1. The van der Waals surface area contributed by atoms with E-state index in [9.17, 15) is 14.0 Å². The molecule has 0 spiro atoms. The number of hydrogen-bond donors (Lipinski definition) is 1. The van der Waals surface area contributed by atoms with E-state index in [-0.39, 0.29) is 24.0 Å². The van der Waals surface area contributed by atoms with Crippen LogP contribution in [0.15, 0.2) is 72.8 Å². The van der Waals surface area contributed by atoms with Gasteiger partial charge in [0.15, 0.2) is 6.61 Å². The fraction of sp³-hybridized carbons (Fsp3) is 0.200. The van der Waals surface area contributed by atoms with E-state index in [0.29, 0.717) is 18.7 Å². The minimum absolute atomic E-state index is 0.0700. The van der Waals surface area contributed by atoms with Crippen molar-refractivity contribution in [2.75, 3.05) is 25.6 Å². The maximum Gasteiger partial charge on any atom is 0.262 e. The van der Waals surface area contributed by atoms with E-state index in [0.717, 1.165) is 11.3 Å². The minimum atomic E-state index is -0.535. The molecule has 0 aliphatic carbocycles. The van der Waals surface area contributed by atoms with Gasteiger partial charge in [-0.05, 0) is 48.9 Å². The molecular formula is C25H25FN2O4. The van der Waals surface area contributed by atoms with Gasteiger partial charge < -0.3 is 19.7 Å². The zero-order valence-corrected chi connectivity index (χ0v) is 18.0. The summed E-state index contributed by atoms with van der Waals surface area (Å²) in [7, 11) is 1.69. The van der Waals surface area contributed by atoms with Crippen LogP contribution in [0.3, 0.4) is 0 Å². The van der Waals surface area contributed by atoms with Gasteiger partial charge >= 0.3 is 0 Å². The van der Waals surface area contributed by atoms with Crippen molar-refractivity contribution in [1.29, 1.82) is 0 Å². The Kier molecular flexibility index (Phi) is 7.80. The highest BCUT2D eigenvalue weighted by molar-refractivity contribution is 5.97. The molecule has 2 amide bonds. The van der Waals surface area contributed by atoms with Crippen molar-refractivity contribution < 1.29 is 23.5 Å². The second-order valence-electron chi connectivity index (χ2n) is 7.05. The van der Waals surface area contributed by atoms with Gasteiger partial charge in [-0.1, -0.05) is 36.4 Å². The first kappa shape index (κ1) is 22.8. The molecule has 32 heavy (non-hydrogen) atoms. The molecule has 6 nitrogen and oxygen atoms in total. The number of carbonyl (C=O) groups is 2. The van der Waals surface area contributed by atoms with Gasteiger partial charge in [0.1, 0.15) is 17.3 Å². The second kappa shape index (κ2) is 10.9. The molecule has 0 radical (unpaired) electrons. The van der Waals surface area contributed by atoms with Crippen molar-refractivity contribution >= 4 is 17.5 Å². The number of para-hydroxylation sites is 2. The summed E-state index contributed by atoms with van der Waals surface area (Å²) in [5.41, 5.74) is 1.35. The molecule has 3 rings (SSSR count). The fourth-order valence-corrected chi connectivity index (χ4v) is 3.07. The van der Waals surface area contributed by atoms with E-state index >= 15 is 0 Å². The SMILES string of the molecule is CCOc1ccc(CN(C)C(=O)c2ccccc2OCC(=O)Nc2ccccc2F)cc1. The molecule has 7 heteroatoms. The summed E-state index contributed by atoms with van der Waals surface area (Å²) in [4.78, 5) is 26.7. The molecule has 3 aromatic rings. The normalized spacial score (nSPS) is 10.3. The van der Waals surface area contributed by atoms with Crippen molar-refractivity contribution in [2.24, 2.45) is 0 Å². The number of halogens is 1. The second-order valence-corrected chi connectivity index (χ2v) is 7.05. The van der Waals surface area contributed by atoms with Gasteiger partial charge in [-0.25, -0.2) is 4.39 Å². The van der Waals surface area contributed by atoms with Gasteiger partial charge in [0.2, 0.25) is 0 Å². The smallest absolute Gasteiger partial charge is 0.262 e. The lowest BCUT2D eigenvalue weighted by Gasteiger charge is -2.19. The van der Waals surface area contributed by atoms with Crippen LogP contribution in [0.25, 0.3) is 0 Å². The first-order valence-corrected chi connectivity index (χ1v) is 10.2. The highest BCUT2D eigenvalue weighted by Crippen LogP contribution is 2.21. The van der Waals surface area contributed by atoms with Crippen LogP contribution >= 0.6 is 0 Å². The summed E-state index contributed by atoms with van der Waals surface area (Å²) < 4.78 is 24.7. The first-order chi connectivity index (χ1) is 15.5. The minimum Gasteiger partial charge on any atom is -0.494 e. The van der Waals surface area contributed by atoms with Crippen LogP contribution in [0.1, 0.15) is 22.8 Å². The Morgan fingerprint density at radius 2 is 1.62 bits per heavy atom. The Bertz CT molecular complexity index is 1070. The van der Waals surface area contributed by atoms with Crippen molar-refractivity contribution in [3.63, 3.8) is 0 Å². The van der Waals surface area contributed by atoms with Crippen LogP contribution in [0.2, 0.25) is 0 Å². The van der Waals surface area contributed by atoms with Gasteiger partial charge in [-0.3, -0.25) is 9.59 Å². The standard InChI is InChI=1S/C25H25FN2O4/c1-3-31-19-14-12-18(13-15-19)16-28(2)25(30)20-8-4-7-11-23(20)32-17-24(29)27-22-10-6-5-9-21(22)26/h4-15H,3,16-17H2,1-2H3,(H,27,29). The summed E-state index contributed by atoms with van der Waals surface area (Å²) in [6, 6.07) is 20.1. The number of benzene rings is 3. The molecule has 1 N–H and O–H groups in total. The molecule has 0 heterocycles. The third-order valence-corrected chi connectivity index (χ3v) is 4.62. The highest BCUT2D eigenvalue weighted by atomic mass is 19.1. The van der Waals surface area contributed by atoms with Crippen molar-refractivity contribution in [2.45, 2.75) is 13.5 Å². The van der Waals surface area contributed by atoms with Crippen molar-refractivity contribution in [3.05, 3.63) is 89.7 Å². The summed E-state index contributed by atoms with van der Waals surface area (Å²) in [5, 5.41) is 2.45. The molecule has 0 aliphatic heterocycles. The Morgan fingerprint density at radius 3 is 2.34 bits per heavy atom. The Balaban J connectivity index is 1.62. The zero-order chi connectivity index (χ0) is 22.9. The molecule has 0 aromatic heterocycles. The van der Waals surface area contributed by atoms with Gasteiger partial charge in [0, 0.05) is 13.6 Å². The average Bonchev–Trinajstić information content (AvgIpc) is 2.80. The van der Waals surface area contributed by atoms with Crippen molar-refractivity contribution in [3.8, 4) is 11.5 Å². The predicted octanol–water partition coefficient (Wildman–Crippen LogP) is 4.51. The molecule has 0 saturated carbocycles. The number of carbonyl (C=O) groups excluding carboxylic acids is 2. The number of nitrogens with one attached hydrogen (secondary N) is 1. The monoisotopic (exact) mass is 436 g/mol. The van der Waals surface area contributed by atoms with Crippen molar-refractivity contribution in [1.82, 2.24) is 4.90 Å². The number of hydrogen-bond acceptors (Lipinski definition) is 4. The van der Waals surface area contributed by atoms with Crippen LogP contribution < -0.4 is 14.8 Å². The van der Waals surface area contributed by atoms with Gasteiger partial charge in [-0.2, -0.15) is 0 Å². The summed E-state index contributed by atoms with van der Waals surface area (Å²) in [6.45, 7) is 2.55. The molecule has 166 valence electrons. The molecular weight excluding hydrogens is 411 g/mol. The summed E-state index contributed by atoms with van der Waals surface area (Å²) in [6.07, 6.45) is 0. The highest BCUT2D eigenvalue weighted by Gasteiger charge is 2.18. The summed E-state index contributed by atoms with van der Waals surface area (Å²) in [5.74, 6) is -0.256. The molecule has 0 bridgehead atoms. The van der Waals surface area contributed by atoms with Gasteiger partial charge in [-0.15, -0.1) is 0 Å². The number of anilines is 1. The molecule has 0 unspecified atom stereocenters. The van der Waals surface area contributed by atoms with Crippen LogP contribution in [-0.4, -0.2) is 37.0 Å². The Labute approximate surface area is 186 Å². The van der Waals surface area contributed by atoms with Gasteiger partial charge in [0.05, 0.1) is 17.9 Å². The largest absolute Gasteiger partial charge is 0.494 e. The van der Waals surface area contributed by atoms with E-state index in [4.69, 9.17) is 9.47 Å². The van der Waals surface area contributed by atoms with Crippen LogP contribution in [0.5, 0.6) is 11.5 Å². The topological polar surface area (TPSA) is 67.9 Å². The van der Waals surface area contributed by atoms with Crippen LogP contribution in [0, 0.1) is 5.82 Å². The predicted molar refractivity (Wildman–Crippen MR) is 120 cm³/mol. The average molecular weight is 436 g/mol. The molecule has 0 aliphatic rings. The van der Waals surface area contributed by atoms with E-state index in [1.165, 1.54) is 18.2 Å². The number of rotatable bonds is 9. The maximum atomic E-state index is 13.7. The lowest BCUT2D eigenvalue weighted by Crippen LogP contribution is -2.27. The first-order valence-electron chi connectivity index (χ1n) is 10.2. The Morgan fingerprint density at radius 1 is 0.938 bits per heavy atom. The van der Waals surface area contributed by atoms with E-state index in [1.54, 1.807) is 42.3 Å². The quantitative estimate of drug-likeness (QED) is 0.536. The molecule has 3 aromatic carbocycles. The van der Waals surface area contributed by atoms with Crippen LogP contribution in [0.4, 0.5) is 10.1 Å². The third kappa shape index (κ3) is 6.07. The summed E-state index contributed by atoms with van der Waals surface area (Å²) >= 11 is 0. The maximum absolute atomic E-state index is 13.7. The number of nitrogens with zero attached hydrogens (tertiary/aromatic N) is 1. The van der Waals surface area contributed by atoms with Gasteiger partial charge in [0.25, 0.3) is 11.8 Å². The third-order valence-electron chi connectivity index (χ3n) is 4.62. The van der Waals surface area contributed by atoms with E-state index in [2.05, 4.69) is 5.32 Å². The number of ether oxygens (including phenoxy) is 2. The number of amides is 2. The van der Waals surface area contributed by atoms with E-state index < -0.39 is 11.7 Å².